The van der Waals surface area contributed by atoms with Crippen molar-refractivity contribution in [3.63, 3.8) is 0 Å². The SMILES string of the molecule is CC#CC(C)C(C)c1cc(C)c(C)cc1F. The minimum absolute atomic E-state index is 0.111. The minimum atomic E-state index is -0.111. The quantitative estimate of drug-likeness (QED) is 0.652. The lowest BCUT2D eigenvalue weighted by atomic mass is 9.87. The second-order valence-electron chi connectivity index (χ2n) is 4.43. The second-order valence-corrected chi connectivity index (χ2v) is 4.43. The maximum Gasteiger partial charge on any atom is 0.126 e. The third-order valence-electron chi connectivity index (χ3n) is 3.23. The van der Waals surface area contributed by atoms with Crippen molar-refractivity contribution >= 4 is 0 Å². The molecule has 0 nitrogen and oxygen atoms in total. The molecule has 0 radical (unpaired) electrons. The third-order valence-corrected chi connectivity index (χ3v) is 3.23. The Morgan fingerprint density at radius 1 is 1.12 bits per heavy atom. The largest absolute Gasteiger partial charge is 0.207 e. The molecule has 0 aliphatic carbocycles. The maximum absolute atomic E-state index is 13.8. The molecule has 0 bridgehead atoms. The predicted molar refractivity (Wildman–Crippen MR) is 66.9 cm³/mol. The highest BCUT2D eigenvalue weighted by molar-refractivity contribution is 5.34. The first kappa shape index (κ1) is 12.8. The Morgan fingerprint density at radius 2 is 1.69 bits per heavy atom. The van der Waals surface area contributed by atoms with Crippen molar-refractivity contribution in [2.75, 3.05) is 0 Å². The average Bonchev–Trinajstić information content (AvgIpc) is 2.23. The average molecular weight is 218 g/mol. The van der Waals surface area contributed by atoms with Gasteiger partial charge in [0.15, 0.2) is 0 Å². The topological polar surface area (TPSA) is 0 Å². The van der Waals surface area contributed by atoms with Gasteiger partial charge in [0.05, 0.1) is 0 Å². The van der Waals surface area contributed by atoms with E-state index in [1.807, 2.05) is 40.7 Å². The van der Waals surface area contributed by atoms with Gasteiger partial charge in [0.1, 0.15) is 5.82 Å². The van der Waals surface area contributed by atoms with Crippen LogP contribution >= 0.6 is 0 Å². The van der Waals surface area contributed by atoms with Gasteiger partial charge in [-0.3, -0.25) is 0 Å². The highest BCUT2D eigenvalue weighted by Crippen LogP contribution is 2.28. The Bertz CT molecular complexity index is 435. The van der Waals surface area contributed by atoms with E-state index in [1.54, 1.807) is 6.07 Å². The van der Waals surface area contributed by atoms with Crippen LogP contribution in [0.1, 0.15) is 43.4 Å². The number of benzene rings is 1. The van der Waals surface area contributed by atoms with Crippen LogP contribution in [0.4, 0.5) is 4.39 Å². The minimum Gasteiger partial charge on any atom is -0.207 e. The Kier molecular flexibility index (Phi) is 4.12. The van der Waals surface area contributed by atoms with Crippen molar-refractivity contribution in [1.29, 1.82) is 0 Å². The lowest BCUT2D eigenvalue weighted by Gasteiger charge is -2.17. The monoisotopic (exact) mass is 218 g/mol. The van der Waals surface area contributed by atoms with Crippen LogP contribution in [0.25, 0.3) is 0 Å². The van der Waals surface area contributed by atoms with Gasteiger partial charge in [-0.25, -0.2) is 4.39 Å². The molecular formula is C15H19F. The summed E-state index contributed by atoms with van der Waals surface area (Å²) in [5.41, 5.74) is 2.92. The van der Waals surface area contributed by atoms with Gasteiger partial charge in [-0.15, -0.1) is 5.92 Å². The summed E-state index contributed by atoms with van der Waals surface area (Å²) in [7, 11) is 0. The fourth-order valence-electron chi connectivity index (χ4n) is 1.77. The van der Waals surface area contributed by atoms with E-state index in [0.717, 1.165) is 16.7 Å². The summed E-state index contributed by atoms with van der Waals surface area (Å²) >= 11 is 0. The van der Waals surface area contributed by atoms with Gasteiger partial charge in [0.2, 0.25) is 0 Å². The number of hydrogen-bond acceptors (Lipinski definition) is 0. The zero-order valence-electron chi connectivity index (χ0n) is 10.7. The Morgan fingerprint density at radius 3 is 2.25 bits per heavy atom. The molecule has 2 unspecified atom stereocenters. The van der Waals surface area contributed by atoms with Crippen LogP contribution in [0, 0.1) is 37.4 Å². The zero-order valence-corrected chi connectivity index (χ0v) is 10.7. The van der Waals surface area contributed by atoms with Crippen molar-refractivity contribution in [2.45, 2.75) is 40.5 Å². The molecule has 16 heavy (non-hydrogen) atoms. The van der Waals surface area contributed by atoms with Crippen molar-refractivity contribution < 1.29 is 4.39 Å². The van der Waals surface area contributed by atoms with Crippen molar-refractivity contribution in [1.82, 2.24) is 0 Å². The number of halogens is 1. The molecule has 2 atom stereocenters. The van der Waals surface area contributed by atoms with E-state index >= 15 is 0 Å². The van der Waals surface area contributed by atoms with E-state index in [-0.39, 0.29) is 17.7 Å². The normalized spacial score (nSPS) is 13.9. The van der Waals surface area contributed by atoms with Crippen molar-refractivity contribution in [3.05, 3.63) is 34.6 Å². The number of aryl methyl sites for hydroxylation is 2. The van der Waals surface area contributed by atoms with Gasteiger partial charge >= 0.3 is 0 Å². The molecule has 1 aromatic rings. The summed E-state index contributed by atoms with van der Waals surface area (Å²) in [4.78, 5) is 0. The van der Waals surface area contributed by atoms with Crippen LogP contribution < -0.4 is 0 Å². The predicted octanol–water partition coefficient (Wildman–Crippen LogP) is 4.21. The van der Waals surface area contributed by atoms with Crippen molar-refractivity contribution in [2.24, 2.45) is 5.92 Å². The summed E-state index contributed by atoms with van der Waals surface area (Å²) in [6.45, 7) is 9.83. The van der Waals surface area contributed by atoms with Gasteiger partial charge < -0.3 is 0 Å². The molecule has 0 heterocycles. The third kappa shape index (κ3) is 2.64. The van der Waals surface area contributed by atoms with E-state index in [4.69, 9.17) is 0 Å². The fraction of sp³-hybridized carbons (Fsp3) is 0.467. The first-order valence-electron chi connectivity index (χ1n) is 5.66. The molecule has 1 rings (SSSR count). The van der Waals surface area contributed by atoms with E-state index in [0.29, 0.717) is 0 Å². The molecule has 0 aromatic heterocycles. The van der Waals surface area contributed by atoms with Crippen molar-refractivity contribution in [3.8, 4) is 11.8 Å². The van der Waals surface area contributed by atoms with E-state index in [2.05, 4.69) is 11.8 Å². The van der Waals surface area contributed by atoms with Crippen LogP contribution in [0.5, 0.6) is 0 Å². The van der Waals surface area contributed by atoms with Gasteiger partial charge in [0, 0.05) is 5.92 Å². The summed E-state index contributed by atoms with van der Waals surface area (Å²) in [6, 6.07) is 3.57. The standard InChI is InChI=1S/C15H19F/c1-6-7-10(2)13(5)14-8-11(3)12(4)9-15(14)16/h8-10,13H,1-5H3. The van der Waals surface area contributed by atoms with Gasteiger partial charge in [0.25, 0.3) is 0 Å². The number of hydrogen-bond donors (Lipinski definition) is 0. The van der Waals surface area contributed by atoms with E-state index in [1.165, 1.54) is 0 Å². The molecule has 86 valence electrons. The molecule has 0 N–H and O–H groups in total. The van der Waals surface area contributed by atoms with E-state index < -0.39 is 0 Å². The maximum atomic E-state index is 13.8. The first-order valence-corrected chi connectivity index (χ1v) is 5.66. The Hall–Kier alpha value is -1.29. The number of rotatable bonds is 2. The van der Waals surface area contributed by atoms with Crippen LogP contribution in [0.3, 0.4) is 0 Å². The Labute approximate surface area is 97.9 Å². The van der Waals surface area contributed by atoms with Crippen LogP contribution in [0.2, 0.25) is 0 Å². The molecule has 0 spiro atoms. The van der Waals surface area contributed by atoms with Gasteiger partial charge in [-0.2, -0.15) is 0 Å². The molecule has 1 heteroatoms. The molecule has 1 aromatic carbocycles. The zero-order chi connectivity index (χ0) is 12.3. The summed E-state index contributed by atoms with van der Waals surface area (Å²) in [6.07, 6.45) is 0. The summed E-state index contributed by atoms with van der Waals surface area (Å²) in [5.74, 6) is 6.18. The van der Waals surface area contributed by atoms with Gasteiger partial charge in [-0.05, 0) is 49.4 Å². The molecule has 0 aliphatic rings. The van der Waals surface area contributed by atoms with E-state index in [9.17, 15) is 4.39 Å². The molecule has 0 aliphatic heterocycles. The van der Waals surface area contributed by atoms with Gasteiger partial charge in [-0.1, -0.05) is 25.8 Å². The molecule has 0 amide bonds. The molecule has 0 saturated heterocycles. The highest BCUT2D eigenvalue weighted by Gasteiger charge is 2.17. The Balaban J connectivity index is 3.11. The lowest BCUT2D eigenvalue weighted by Crippen LogP contribution is -2.07. The lowest BCUT2D eigenvalue weighted by molar-refractivity contribution is 0.544. The molecule has 0 fully saturated rings. The van der Waals surface area contributed by atoms with Crippen LogP contribution in [-0.2, 0) is 0 Å². The summed E-state index contributed by atoms with van der Waals surface area (Å²) in [5, 5.41) is 0. The smallest absolute Gasteiger partial charge is 0.126 e. The molecule has 0 saturated carbocycles. The highest BCUT2D eigenvalue weighted by atomic mass is 19.1. The fourth-order valence-corrected chi connectivity index (χ4v) is 1.77. The molecular weight excluding hydrogens is 199 g/mol. The second kappa shape index (κ2) is 5.16. The van der Waals surface area contributed by atoms with Crippen LogP contribution in [-0.4, -0.2) is 0 Å². The summed E-state index contributed by atoms with van der Waals surface area (Å²) < 4.78 is 13.8. The first-order chi connectivity index (χ1) is 7.47. The van der Waals surface area contributed by atoms with Crippen LogP contribution in [0.15, 0.2) is 12.1 Å².